The summed E-state index contributed by atoms with van der Waals surface area (Å²) in [6.45, 7) is 8.56. The molecule has 0 saturated heterocycles. The van der Waals surface area contributed by atoms with Crippen molar-refractivity contribution in [3.8, 4) is 0 Å². The van der Waals surface area contributed by atoms with Gasteiger partial charge >= 0.3 is 0 Å². The van der Waals surface area contributed by atoms with E-state index in [1.165, 1.54) is 22.3 Å². The van der Waals surface area contributed by atoms with Crippen LogP contribution in [0.3, 0.4) is 0 Å². The van der Waals surface area contributed by atoms with Crippen LogP contribution in [0.1, 0.15) is 28.7 Å². The molecule has 0 aliphatic carbocycles. The Balaban J connectivity index is 2.60. The van der Waals surface area contributed by atoms with E-state index in [1.807, 2.05) is 0 Å². The van der Waals surface area contributed by atoms with E-state index in [0.29, 0.717) is 13.2 Å². The third kappa shape index (κ3) is 3.65. The molecule has 84 valence electrons. The normalized spacial score (nSPS) is 10.7. The molecule has 0 aliphatic rings. The van der Waals surface area contributed by atoms with Crippen molar-refractivity contribution in [2.45, 2.75) is 33.8 Å². The quantitative estimate of drug-likeness (QED) is 0.753. The van der Waals surface area contributed by atoms with Gasteiger partial charge in [0.2, 0.25) is 0 Å². The van der Waals surface area contributed by atoms with Crippen LogP contribution in [-0.2, 0) is 11.3 Å². The van der Waals surface area contributed by atoms with Gasteiger partial charge in [-0.25, -0.2) is 0 Å². The van der Waals surface area contributed by atoms with Crippen LogP contribution in [0.25, 0.3) is 0 Å². The van der Waals surface area contributed by atoms with E-state index in [-0.39, 0.29) is 0 Å². The third-order valence-corrected chi connectivity index (χ3v) is 2.58. The predicted octanol–water partition coefficient (Wildman–Crippen LogP) is 2.48. The molecule has 0 fully saturated rings. The second kappa shape index (κ2) is 5.89. The third-order valence-electron chi connectivity index (χ3n) is 2.58. The fourth-order valence-electron chi connectivity index (χ4n) is 1.80. The number of rotatable bonds is 5. The molecule has 0 saturated carbocycles. The lowest BCUT2D eigenvalue weighted by atomic mass is 10.0. The Hall–Kier alpha value is -0.860. The highest BCUT2D eigenvalue weighted by Crippen LogP contribution is 2.17. The van der Waals surface area contributed by atoms with Crippen molar-refractivity contribution in [1.82, 2.24) is 0 Å². The Bertz CT molecular complexity index is 297. The summed E-state index contributed by atoms with van der Waals surface area (Å²) >= 11 is 0. The van der Waals surface area contributed by atoms with Crippen LogP contribution in [0.4, 0.5) is 0 Å². The van der Waals surface area contributed by atoms with Crippen LogP contribution in [0.15, 0.2) is 12.1 Å². The van der Waals surface area contributed by atoms with Gasteiger partial charge in [0.1, 0.15) is 0 Å². The second-order valence-corrected chi connectivity index (χ2v) is 4.07. The summed E-state index contributed by atoms with van der Waals surface area (Å²) in [5.41, 5.74) is 10.7. The van der Waals surface area contributed by atoms with Crippen molar-refractivity contribution < 1.29 is 4.74 Å². The Morgan fingerprint density at radius 2 is 1.73 bits per heavy atom. The molecule has 0 aromatic heterocycles. The highest BCUT2D eigenvalue weighted by molar-refractivity contribution is 5.36. The van der Waals surface area contributed by atoms with Crippen LogP contribution in [0.5, 0.6) is 0 Å². The number of benzene rings is 1. The van der Waals surface area contributed by atoms with Crippen molar-refractivity contribution in [2.75, 3.05) is 13.2 Å². The van der Waals surface area contributed by atoms with E-state index in [4.69, 9.17) is 10.5 Å². The van der Waals surface area contributed by atoms with Gasteiger partial charge in [0.25, 0.3) is 0 Å². The molecule has 2 N–H and O–H groups in total. The highest BCUT2D eigenvalue weighted by Gasteiger charge is 2.03. The lowest BCUT2D eigenvalue weighted by molar-refractivity contribution is 0.119. The monoisotopic (exact) mass is 207 g/mol. The number of hydrogen-bond acceptors (Lipinski definition) is 2. The predicted molar refractivity (Wildman–Crippen MR) is 64.0 cm³/mol. The van der Waals surface area contributed by atoms with Crippen LogP contribution in [0, 0.1) is 20.8 Å². The Morgan fingerprint density at radius 3 is 2.27 bits per heavy atom. The average molecular weight is 207 g/mol. The SMILES string of the molecule is Cc1cc(C)c(COCCCN)c(C)c1. The molecular formula is C13H21NO. The maximum absolute atomic E-state index is 5.58. The molecule has 0 radical (unpaired) electrons. The van der Waals surface area contributed by atoms with Gasteiger partial charge in [0.05, 0.1) is 6.61 Å². The van der Waals surface area contributed by atoms with Crippen LogP contribution in [-0.4, -0.2) is 13.2 Å². The molecule has 0 bridgehead atoms. The van der Waals surface area contributed by atoms with Crippen molar-refractivity contribution in [3.05, 3.63) is 34.4 Å². The lowest BCUT2D eigenvalue weighted by Gasteiger charge is -2.11. The Labute approximate surface area is 92.4 Å². The first-order chi connectivity index (χ1) is 7.15. The maximum Gasteiger partial charge on any atom is 0.0721 e. The highest BCUT2D eigenvalue weighted by atomic mass is 16.5. The number of aryl methyl sites for hydroxylation is 3. The molecule has 1 rings (SSSR count). The molecule has 0 atom stereocenters. The summed E-state index contributed by atoms with van der Waals surface area (Å²) < 4.78 is 5.58. The fourth-order valence-corrected chi connectivity index (χ4v) is 1.80. The number of hydrogen-bond donors (Lipinski definition) is 1. The summed E-state index contributed by atoms with van der Waals surface area (Å²) in [5, 5.41) is 0. The van der Waals surface area contributed by atoms with Crippen molar-refractivity contribution >= 4 is 0 Å². The van der Waals surface area contributed by atoms with Crippen LogP contribution < -0.4 is 5.73 Å². The van der Waals surface area contributed by atoms with Crippen LogP contribution >= 0.6 is 0 Å². The van der Waals surface area contributed by atoms with E-state index in [9.17, 15) is 0 Å². The molecular weight excluding hydrogens is 186 g/mol. The van der Waals surface area contributed by atoms with Gasteiger partial charge in [0.15, 0.2) is 0 Å². The van der Waals surface area contributed by atoms with Gasteiger partial charge in [-0.3, -0.25) is 0 Å². The summed E-state index contributed by atoms with van der Waals surface area (Å²) in [4.78, 5) is 0. The minimum atomic E-state index is 0.700. The van der Waals surface area contributed by atoms with Crippen molar-refractivity contribution in [3.63, 3.8) is 0 Å². The Morgan fingerprint density at radius 1 is 1.13 bits per heavy atom. The zero-order chi connectivity index (χ0) is 11.3. The van der Waals surface area contributed by atoms with Crippen molar-refractivity contribution in [2.24, 2.45) is 5.73 Å². The van der Waals surface area contributed by atoms with E-state index >= 15 is 0 Å². The first-order valence-electron chi connectivity index (χ1n) is 5.49. The molecule has 2 heteroatoms. The summed E-state index contributed by atoms with van der Waals surface area (Å²) in [6, 6.07) is 4.41. The first kappa shape index (κ1) is 12.2. The molecule has 0 aliphatic heterocycles. The average Bonchev–Trinajstić information content (AvgIpc) is 2.15. The number of nitrogens with two attached hydrogens (primary N) is 1. The molecule has 0 spiro atoms. The van der Waals surface area contributed by atoms with Gasteiger partial charge < -0.3 is 10.5 Å². The number of ether oxygens (including phenoxy) is 1. The Kier molecular flexibility index (Phi) is 4.79. The zero-order valence-electron chi connectivity index (χ0n) is 9.97. The van der Waals surface area contributed by atoms with E-state index in [0.717, 1.165) is 13.0 Å². The molecule has 0 heterocycles. The molecule has 0 unspecified atom stereocenters. The summed E-state index contributed by atoms with van der Waals surface area (Å²) in [7, 11) is 0. The van der Waals surface area contributed by atoms with Gasteiger partial charge in [-0.1, -0.05) is 17.7 Å². The summed E-state index contributed by atoms with van der Waals surface area (Å²) in [6.07, 6.45) is 0.934. The molecule has 15 heavy (non-hydrogen) atoms. The second-order valence-electron chi connectivity index (χ2n) is 4.07. The first-order valence-corrected chi connectivity index (χ1v) is 5.49. The molecule has 0 amide bonds. The standard InChI is InChI=1S/C13H21NO/c1-10-7-11(2)13(12(3)8-10)9-15-6-4-5-14/h7-8H,4-6,9,14H2,1-3H3. The van der Waals surface area contributed by atoms with Crippen molar-refractivity contribution in [1.29, 1.82) is 0 Å². The zero-order valence-corrected chi connectivity index (χ0v) is 9.97. The van der Waals surface area contributed by atoms with E-state index in [2.05, 4.69) is 32.9 Å². The van der Waals surface area contributed by atoms with E-state index < -0.39 is 0 Å². The molecule has 1 aromatic carbocycles. The van der Waals surface area contributed by atoms with Gasteiger partial charge in [-0.05, 0) is 50.4 Å². The fraction of sp³-hybridized carbons (Fsp3) is 0.538. The topological polar surface area (TPSA) is 35.2 Å². The molecule has 1 aromatic rings. The van der Waals surface area contributed by atoms with Gasteiger partial charge in [0, 0.05) is 6.61 Å². The smallest absolute Gasteiger partial charge is 0.0721 e. The minimum absolute atomic E-state index is 0.700. The van der Waals surface area contributed by atoms with Gasteiger partial charge in [-0.15, -0.1) is 0 Å². The minimum Gasteiger partial charge on any atom is -0.377 e. The van der Waals surface area contributed by atoms with E-state index in [1.54, 1.807) is 0 Å². The largest absolute Gasteiger partial charge is 0.377 e. The van der Waals surface area contributed by atoms with Gasteiger partial charge in [-0.2, -0.15) is 0 Å². The lowest BCUT2D eigenvalue weighted by Crippen LogP contribution is -2.05. The summed E-state index contributed by atoms with van der Waals surface area (Å²) in [5.74, 6) is 0. The maximum atomic E-state index is 5.58. The molecule has 2 nitrogen and oxygen atoms in total. The van der Waals surface area contributed by atoms with Crippen LogP contribution in [0.2, 0.25) is 0 Å².